The smallest absolute Gasteiger partial charge is 0.258 e. The van der Waals surface area contributed by atoms with Gasteiger partial charge in [-0.2, -0.15) is 0 Å². The third-order valence-electron chi connectivity index (χ3n) is 3.24. The van der Waals surface area contributed by atoms with E-state index in [0.29, 0.717) is 29.8 Å². The Morgan fingerprint density at radius 2 is 2.26 bits per heavy atom. The van der Waals surface area contributed by atoms with Crippen LogP contribution in [0.1, 0.15) is 0 Å². The van der Waals surface area contributed by atoms with E-state index in [1.165, 1.54) is 6.08 Å². The molecule has 23 heavy (non-hydrogen) atoms. The average molecular weight is 310 g/mol. The molecule has 1 aromatic carbocycles. The molecule has 1 aliphatic heterocycles. The van der Waals surface area contributed by atoms with Gasteiger partial charge in [-0.25, -0.2) is 0 Å². The summed E-state index contributed by atoms with van der Waals surface area (Å²) in [6.45, 7) is 4.59. The molecule has 0 saturated carbocycles. The van der Waals surface area contributed by atoms with Gasteiger partial charge < -0.3 is 15.4 Å². The Hall–Kier alpha value is -3.08. The number of hydrogen-bond donors (Lipinski definition) is 2. The summed E-state index contributed by atoms with van der Waals surface area (Å²) in [5.41, 5.74) is 2.03. The van der Waals surface area contributed by atoms with E-state index in [4.69, 9.17) is 4.74 Å². The molecule has 0 saturated heterocycles. The molecule has 2 N–H and O–H groups in total. The lowest BCUT2D eigenvalue weighted by Gasteiger charge is -2.10. The van der Waals surface area contributed by atoms with Crippen molar-refractivity contribution in [3.05, 3.63) is 72.0 Å². The lowest BCUT2D eigenvalue weighted by atomic mass is 10.0. The van der Waals surface area contributed by atoms with Gasteiger partial charge in [0, 0.05) is 18.3 Å². The van der Waals surface area contributed by atoms with Crippen LogP contribution in [-0.2, 0) is 9.59 Å². The van der Waals surface area contributed by atoms with Gasteiger partial charge in [0.1, 0.15) is 5.75 Å². The Kier molecular flexibility index (Phi) is 5.52. The van der Waals surface area contributed by atoms with Gasteiger partial charge in [-0.05, 0) is 41.6 Å². The summed E-state index contributed by atoms with van der Waals surface area (Å²) in [7, 11) is 1.54. The number of hydrogen-bond acceptors (Lipinski definition) is 4. The van der Waals surface area contributed by atoms with Crippen molar-refractivity contribution in [2.75, 3.05) is 19.0 Å². The van der Waals surface area contributed by atoms with Crippen LogP contribution in [0.15, 0.2) is 72.0 Å². The van der Waals surface area contributed by atoms with Gasteiger partial charge in [0.2, 0.25) is 0 Å². The lowest BCUT2D eigenvalue weighted by molar-refractivity contribution is -0.115. The van der Waals surface area contributed by atoms with E-state index in [2.05, 4.69) is 17.2 Å². The minimum atomic E-state index is -0.493. The van der Waals surface area contributed by atoms with Crippen molar-refractivity contribution in [2.24, 2.45) is 0 Å². The average Bonchev–Trinajstić information content (AvgIpc) is 2.60. The maximum absolute atomic E-state index is 12.2. The molecule has 0 radical (unpaired) electrons. The Morgan fingerprint density at radius 1 is 1.43 bits per heavy atom. The first-order valence-corrected chi connectivity index (χ1v) is 7.05. The number of benzene rings is 1. The number of dihydropyridines is 1. The molecular weight excluding hydrogens is 292 g/mol. The van der Waals surface area contributed by atoms with E-state index < -0.39 is 5.91 Å². The number of carbonyl (C=O) groups is 2. The predicted molar refractivity (Wildman–Crippen MR) is 90.1 cm³/mol. The topological polar surface area (TPSA) is 67.4 Å². The summed E-state index contributed by atoms with van der Waals surface area (Å²) in [5.74, 6) is 0.127. The molecule has 1 aliphatic rings. The van der Waals surface area contributed by atoms with Gasteiger partial charge in [0.05, 0.1) is 12.7 Å². The Balaban J connectivity index is 2.12. The van der Waals surface area contributed by atoms with E-state index in [-0.39, 0.29) is 5.57 Å². The van der Waals surface area contributed by atoms with Gasteiger partial charge in [0.25, 0.3) is 5.91 Å². The predicted octanol–water partition coefficient (Wildman–Crippen LogP) is 2.36. The third-order valence-corrected chi connectivity index (χ3v) is 3.24. The zero-order valence-corrected chi connectivity index (χ0v) is 12.8. The van der Waals surface area contributed by atoms with Crippen LogP contribution in [0.5, 0.6) is 5.75 Å². The molecule has 0 atom stereocenters. The maximum atomic E-state index is 12.2. The van der Waals surface area contributed by atoms with Crippen LogP contribution < -0.4 is 15.4 Å². The second kappa shape index (κ2) is 7.79. The minimum absolute atomic E-state index is 0.00523. The molecule has 118 valence electrons. The fourth-order valence-corrected chi connectivity index (χ4v) is 2.02. The highest BCUT2D eigenvalue weighted by Crippen LogP contribution is 2.18. The van der Waals surface area contributed by atoms with Crippen LogP contribution in [0.2, 0.25) is 0 Å². The zero-order chi connectivity index (χ0) is 16.7. The fourth-order valence-electron chi connectivity index (χ4n) is 2.02. The molecule has 2 rings (SSSR count). The van der Waals surface area contributed by atoms with Crippen molar-refractivity contribution in [3.63, 3.8) is 0 Å². The van der Waals surface area contributed by atoms with Gasteiger partial charge in [-0.15, -0.1) is 0 Å². The standard InChI is InChI=1S/C18H18N2O3/c1-13(14-6-8-19-9-7-14)10-15(12-21)18(22)20-16-4-3-5-17(11-16)23-2/h3-8,10-12,19H,1,9H2,2H3,(H,20,22)/b15-10+. The molecule has 5 nitrogen and oxygen atoms in total. The van der Waals surface area contributed by atoms with E-state index in [0.717, 1.165) is 5.57 Å². The third kappa shape index (κ3) is 4.44. The van der Waals surface area contributed by atoms with E-state index >= 15 is 0 Å². The van der Waals surface area contributed by atoms with Crippen molar-refractivity contribution >= 4 is 17.9 Å². The van der Waals surface area contributed by atoms with Gasteiger partial charge in [-0.3, -0.25) is 9.59 Å². The van der Waals surface area contributed by atoms with Crippen LogP contribution in [0.25, 0.3) is 0 Å². The first-order valence-electron chi connectivity index (χ1n) is 7.05. The fraction of sp³-hybridized carbons (Fsp3) is 0.111. The first kappa shape index (κ1) is 16.3. The largest absolute Gasteiger partial charge is 0.497 e. The van der Waals surface area contributed by atoms with Crippen molar-refractivity contribution in [3.8, 4) is 5.75 Å². The number of ether oxygens (including phenoxy) is 1. The quantitative estimate of drug-likeness (QED) is 0.278. The van der Waals surface area contributed by atoms with Crippen molar-refractivity contribution in [1.82, 2.24) is 5.32 Å². The number of amides is 1. The van der Waals surface area contributed by atoms with Gasteiger partial charge >= 0.3 is 0 Å². The summed E-state index contributed by atoms with van der Waals surface area (Å²) < 4.78 is 5.10. The number of rotatable bonds is 6. The van der Waals surface area contributed by atoms with Gasteiger partial charge in [0.15, 0.2) is 6.29 Å². The maximum Gasteiger partial charge on any atom is 0.258 e. The van der Waals surface area contributed by atoms with Crippen LogP contribution in [0, 0.1) is 0 Å². The number of anilines is 1. The first-order chi connectivity index (χ1) is 11.1. The number of carbonyl (C=O) groups excluding carboxylic acids is 2. The Labute approximate surface area is 135 Å². The number of aldehydes is 1. The highest BCUT2D eigenvalue weighted by Gasteiger charge is 2.11. The normalized spacial score (nSPS) is 13.6. The summed E-state index contributed by atoms with van der Waals surface area (Å²) in [5, 5.41) is 5.69. The highest BCUT2D eigenvalue weighted by molar-refractivity contribution is 6.16. The van der Waals surface area contributed by atoms with E-state index in [1.807, 2.05) is 12.2 Å². The molecule has 0 unspecified atom stereocenters. The molecule has 5 heteroatoms. The summed E-state index contributed by atoms with van der Waals surface area (Å²) >= 11 is 0. The summed E-state index contributed by atoms with van der Waals surface area (Å²) in [6, 6.07) is 6.91. The van der Waals surface area contributed by atoms with E-state index in [9.17, 15) is 9.59 Å². The van der Waals surface area contributed by atoms with Crippen LogP contribution in [-0.4, -0.2) is 25.8 Å². The van der Waals surface area contributed by atoms with Crippen LogP contribution in [0.4, 0.5) is 5.69 Å². The number of nitrogens with one attached hydrogen (secondary N) is 2. The molecule has 0 aromatic heterocycles. The van der Waals surface area contributed by atoms with Crippen molar-refractivity contribution in [2.45, 2.75) is 0 Å². The number of allylic oxidation sites excluding steroid dienone is 4. The molecule has 0 fully saturated rings. The molecule has 0 spiro atoms. The minimum Gasteiger partial charge on any atom is -0.497 e. The second-order valence-corrected chi connectivity index (χ2v) is 4.83. The number of methoxy groups -OCH3 is 1. The van der Waals surface area contributed by atoms with Crippen LogP contribution in [0.3, 0.4) is 0 Å². The molecule has 0 aliphatic carbocycles. The Morgan fingerprint density at radius 3 is 2.91 bits per heavy atom. The molecule has 1 amide bonds. The summed E-state index contributed by atoms with van der Waals surface area (Å²) in [6.07, 6.45) is 7.56. The molecule has 1 aromatic rings. The van der Waals surface area contributed by atoms with E-state index in [1.54, 1.807) is 37.6 Å². The highest BCUT2D eigenvalue weighted by atomic mass is 16.5. The zero-order valence-electron chi connectivity index (χ0n) is 12.8. The molecule has 0 bridgehead atoms. The van der Waals surface area contributed by atoms with Crippen molar-refractivity contribution in [1.29, 1.82) is 0 Å². The van der Waals surface area contributed by atoms with Gasteiger partial charge in [-0.1, -0.05) is 18.7 Å². The van der Waals surface area contributed by atoms with Crippen LogP contribution >= 0.6 is 0 Å². The molecule has 1 heterocycles. The monoisotopic (exact) mass is 310 g/mol. The SMILES string of the molecule is C=C(/C=C(\C=O)C(=O)Nc1cccc(OC)c1)C1=CCNC=C1. The summed E-state index contributed by atoms with van der Waals surface area (Å²) in [4.78, 5) is 23.5. The van der Waals surface area contributed by atoms with Crippen molar-refractivity contribution < 1.29 is 14.3 Å². The molecular formula is C18H18N2O3. The Bertz CT molecular complexity index is 715. The second-order valence-electron chi connectivity index (χ2n) is 4.83. The lowest BCUT2D eigenvalue weighted by Crippen LogP contribution is -2.16.